The Morgan fingerprint density at radius 1 is 1.20 bits per heavy atom. The first-order valence-electron chi connectivity index (χ1n) is 7.06. The number of esters is 1. The third kappa shape index (κ3) is 7.53. The fourth-order valence-corrected chi connectivity index (χ4v) is 9.18. The molecular weight excluding hydrogens is 304 g/mol. The number of carbonyl (C=O) groups excluding carboxylic acids is 1. The second-order valence-corrected chi connectivity index (χ2v) is 17.2. The Morgan fingerprint density at radius 3 is 1.85 bits per heavy atom. The maximum Gasteiger partial charge on any atom is 0.330 e. The van der Waals surface area contributed by atoms with Crippen LogP contribution in [-0.2, 0) is 18.4 Å². The number of carbonyl (C=O) groups is 1. The van der Waals surface area contributed by atoms with Crippen molar-refractivity contribution in [1.82, 2.24) is 0 Å². The minimum Gasteiger partial charge on any atom is -0.454 e. The topological polar surface area (TPSA) is 44.8 Å². The molecule has 0 N–H and O–H groups in total. The van der Waals surface area contributed by atoms with E-state index in [0.29, 0.717) is 16.7 Å². The molecule has 0 aliphatic heterocycles. The molecule has 7 heteroatoms. The van der Waals surface area contributed by atoms with Crippen LogP contribution in [-0.4, -0.2) is 44.4 Å². The van der Waals surface area contributed by atoms with Crippen LogP contribution in [0.3, 0.4) is 0 Å². The summed E-state index contributed by atoms with van der Waals surface area (Å²) in [5.74, 6) is -0.421. The zero-order valence-electron chi connectivity index (χ0n) is 14.2. The molecule has 0 amide bonds. The van der Waals surface area contributed by atoms with Crippen LogP contribution in [0.2, 0.25) is 39.3 Å². The molecule has 0 aliphatic carbocycles. The van der Waals surface area contributed by atoms with Gasteiger partial charge in [0.25, 0.3) is 0 Å². The summed E-state index contributed by atoms with van der Waals surface area (Å²) in [6.45, 7) is 18.2. The van der Waals surface area contributed by atoms with Crippen molar-refractivity contribution in [3.8, 4) is 0 Å². The Labute approximate surface area is 128 Å². The minimum absolute atomic E-state index is 0.377. The van der Waals surface area contributed by atoms with Crippen molar-refractivity contribution in [2.24, 2.45) is 0 Å². The van der Waals surface area contributed by atoms with Gasteiger partial charge in [0, 0.05) is 6.08 Å². The zero-order chi connectivity index (χ0) is 16.2. The SMILES string of the molecule is C=CC(=O)OC(CC)C([SiH3])(O[Si](C)(C)C)O[Si](C)(C)C. The third-order valence-corrected chi connectivity index (χ3v) is 6.30. The van der Waals surface area contributed by atoms with Gasteiger partial charge in [0.15, 0.2) is 22.0 Å². The van der Waals surface area contributed by atoms with Crippen LogP contribution in [0.4, 0.5) is 0 Å². The molecule has 0 aromatic heterocycles. The smallest absolute Gasteiger partial charge is 0.330 e. The molecule has 20 heavy (non-hydrogen) atoms. The molecule has 0 rings (SSSR count). The first-order valence-corrected chi connectivity index (χ1v) is 14.9. The van der Waals surface area contributed by atoms with E-state index in [0.717, 1.165) is 0 Å². The van der Waals surface area contributed by atoms with Gasteiger partial charge in [-0.1, -0.05) is 13.5 Å². The predicted molar refractivity (Wildman–Crippen MR) is 91.9 cm³/mol. The van der Waals surface area contributed by atoms with Gasteiger partial charge in [0.2, 0.25) is 0 Å². The molecule has 0 aromatic carbocycles. The molecule has 0 aliphatic rings. The van der Waals surface area contributed by atoms with E-state index in [1.165, 1.54) is 6.08 Å². The van der Waals surface area contributed by atoms with Crippen LogP contribution < -0.4 is 0 Å². The summed E-state index contributed by atoms with van der Waals surface area (Å²) in [6.07, 6.45) is 1.48. The van der Waals surface area contributed by atoms with Gasteiger partial charge in [-0.05, 0) is 45.7 Å². The van der Waals surface area contributed by atoms with E-state index in [1.807, 2.05) is 6.92 Å². The van der Waals surface area contributed by atoms with Gasteiger partial charge >= 0.3 is 5.97 Å². The standard InChI is InChI=1S/C13H30O4Si3/c1-9-11(15-12(14)10-2)13(18,16-19(3,4)5)17-20(6,7)8/h10-11H,2,9H2,1,3-8,18H3. The van der Waals surface area contributed by atoms with Crippen LogP contribution in [0.5, 0.6) is 0 Å². The van der Waals surface area contributed by atoms with Crippen molar-refractivity contribution in [3.05, 3.63) is 12.7 Å². The molecular formula is C13H30O4Si3. The molecule has 0 bridgehead atoms. The monoisotopic (exact) mass is 334 g/mol. The number of ether oxygens (including phenoxy) is 1. The Morgan fingerprint density at radius 2 is 1.60 bits per heavy atom. The van der Waals surface area contributed by atoms with E-state index in [-0.39, 0.29) is 6.10 Å². The van der Waals surface area contributed by atoms with Crippen LogP contribution in [0, 0.1) is 0 Å². The first kappa shape index (κ1) is 19.8. The predicted octanol–water partition coefficient (Wildman–Crippen LogP) is 2.22. The highest BCUT2D eigenvalue weighted by molar-refractivity contribution is 6.71. The zero-order valence-corrected chi connectivity index (χ0v) is 18.2. The summed E-state index contributed by atoms with van der Waals surface area (Å²) < 4.78 is 18.1. The highest BCUT2D eigenvalue weighted by Gasteiger charge is 2.43. The maximum absolute atomic E-state index is 11.5. The van der Waals surface area contributed by atoms with Crippen molar-refractivity contribution in [1.29, 1.82) is 0 Å². The first-order chi connectivity index (χ1) is 8.83. The van der Waals surface area contributed by atoms with Gasteiger partial charge in [0.1, 0.15) is 6.10 Å². The molecule has 0 saturated heterocycles. The average Bonchev–Trinajstić information content (AvgIpc) is 2.19. The van der Waals surface area contributed by atoms with E-state index >= 15 is 0 Å². The van der Waals surface area contributed by atoms with Gasteiger partial charge in [-0.2, -0.15) is 0 Å². The van der Waals surface area contributed by atoms with Crippen molar-refractivity contribution < 1.29 is 18.4 Å². The highest BCUT2D eigenvalue weighted by atomic mass is 28.4. The summed E-state index contributed by atoms with van der Waals surface area (Å²) in [4.78, 5) is 11.5. The third-order valence-electron chi connectivity index (χ3n) is 2.40. The number of rotatable bonds is 8. The lowest BCUT2D eigenvalue weighted by Gasteiger charge is -2.44. The van der Waals surface area contributed by atoms with Crippen LogP contribution in [0.15, 0.2) is 12.7 Å². The van der Waals surface area contributed by atoms with Crippen molar-refractivity contribution >= 4 is 32.8 Å². The summed E-state index contributed by atoms with van der Waals surface area (Å²) in [7, 11) is -2.99. The van der Waals surface area contributed by atoms with E-state index < -0.39 is 28.0 Å². The summed E-state index contributed by atoms with van der Waals surface area (Å²) >= 11 is 0. The van der Waals surface area contributed by atoms with Crippen LogP contribution >= 0.6 is 0 Å². The van der Waals surface area contributed by atoms with Crippen LogP contribution in [0.1, 0.15) is 13.3 Å². The second-order valence-electron chi connectivity index (χ2n) is 6.98. The Bertz CT molecular complexity index is 329. The van der Waals surface area contributed by atoms with Gasteiger partial charge in [0.05, 0.1) is 10.2 Å². The minimum atomic E-state index is -1.82. The molecule has 0 fully saturated rings. The summed E-state index contributed by atoms with van der Waals surface area (Å²) in [6, 6.07) is 0. The Hall–Kier alpha value is -0.219. The molecule has 0 spiro atoms. The lowest BCUT2D eigenvalue weighted by atomic mass is 10.2. The van der Waals surface area contributed by atoms with Gasteiger partial charge in [-0.15, -0.1) is 0 Å². The lowest BCUT2D eigenvalue weighted by molar-refractivity contribution is -0.176. The molecule has 0 saturated carbocycles. The molecule has 0 heterocycles. The average molecular weight is 335 g/mol. The van der Waals surface area contributed by atoms with Crippen molar-refractivity contribution in [2.75, 3.05) is 0 Å². The van der Waals surface area contributed by atoms with Gasteiger partial charge in [-0.3, -0.25) is 0 Å². The lowest BCUT2D eigenvalue weighted by Crippen LogP contribution is -2.58. The normalized spacial score (nSPS) is 14.9. The van der Waals surface area contributed by atoms with E-state index in [4.69, 9.17) is 13.6 Å². The van der Waals surface area contributed by atoms with E-state index in [1.54, 1.807) is 0 Å². The van der Waals surface area contributed by atoms with E-state index in [2.05, 4.69) is 45.9 Å². The summed E-state index contributed by atoms with van der Waals surface area (Å²) in [5, 5.41) is 0. The van der Waals surface area contributed by atoms with Crippen molar-refractivity contribution in [3.63, 3.8) is 0 Å². The quantitative estimate of drug-likeness (QED) is 0.295. The molecule has 1 unspecified atom stereocenters. The number of hydrogen-bond acceptors (Lipinski definition) is 4. The largest absolute Gasteiger partial charge is 0.454 e. The molecule has 118 valence electrons. The molecule has 4 nitrogen and oxygen atoms in total. The Kier molecular flexibility index (Phi) is 7.09. The second kappa shape index (κ2) is 7.17. The maximum atomic E-state index is 11.5. The number of hydrogen-bond donors (Lipinski definition) is 0. The molecule has 0 aromatic rings. The highest BCUT2D eigenvalue weighted by Crippen LogP contribution is 2.28. The fourth-order valence-electron chi connectivity index (χ4n) is 2.12. The molecule has 1 atom stereocenters. The van der Waals surface area contributed by atoms with E-state index in [9.17, 15) is 4.79 Å². The fraction of sp³-hybridized carbons (Fsp3) is 0.769. The summed E-state index contributed by atoms with van der Waals surface area (Å²) in [5.41, 5.74) is -0.762. The van der Waals surface area contributed by atoms with Gasteiger partial charge in [-0.25, -0.2) is 4.79 Å². The van der Waals surface area contributed by atoms with Gasteiger partial charge < -0.3 is 13.6 Å². The van der Waals surface area contributed by atoms with Crippen LogP contribution in [0.25, 0.3) is 0 Å². The van der Waals surface area contributed by atoms with Crippen molar-refractivity contribution in [2.45, 2.75) is 64.1 Å². The Balaban J connectivity index is 5.35. The molecule has 0 radical (unpaired) electrons.